The zero-order chi connectivity index (χ0) is 17.6. The van der Waals surface area contributed by atoms with Gasteiger partial charge in [-0.3, -0.25) is 4.79 Å². The molecule has 1 aliphatic heterocycles. The number of hydrogen-bond acceptors (Lipinski definition) is 4. The largest absolute Gasteiger partial charge is 0.497 e. The van der Waals surface area contributed by atoms with Gasteiger partial charge in [0.2, 0.25) is 0 Å². The molecule has 1 fully saturated rings. The summed E-state index contributed by atoms with van der Waals surface area (Å²) in [5.41, 5.74) is 2.21. The first-order valence-corrected chi connectivity index (χ1v) is 8.37. The van der Waals surface area contributed by atoms with Gasteiger partial charge in [-0.2, -0.15) is 5.26 Å². The van der Waals surface area contributed by atoms with Crippen LogP contribution in [-0.4, -0.2) is 32.7 Å². The Bertz CT molecular complexity index is 780. The molecule has 1 atom stereocenters. The molecule has 2 aromatic rings. The van der Waals surface area contributed by atoms with Crippen molar-refractivity contribution in [3.8, 4) is 11.8 Å². The fraction of sp³-hybridized carbons (Fsp3) is 0.300. The van der Waals surface area contributed by atoms with E-state index in [-0.39, 0.29) is 5.91 Å². The fourth-order valence-corrected chi connectivity index (χ4v) is 3.10. The third-order valence-electron chi connectivity index (χ3n) is 4.53. The lowest BCUT2D eigenvalue weighted by Gasteiger charge is -2.19. The summed E-state index contributed by atoms with van der Waals surface area (Å²) >= 11 is 0. The second-order valence-corrected chi connectivity index (χ2v) is 6.20. The van der Waals surface area contributed by atoms with Crippen LogP contribution in [0.1, 0.15) is 22.3 Å². The van der Waals surface area contributed by atoms with Crippen molar-refractivity contribution in [1.82, 2.24) is 5.32 Å². The number of carbonyl (C=O) groups excluding carboxylic acids is 1. The number of hydrogen-bond donors (Lipinski definition) is 1. The number of methoxy groups -OCH3 is 1. The monoisotopic (exact) mass is 335 g/mol. The molecule has 1 amide bonds. The molecule has 3 rings (SSSR count). The molecule has 1 saturated heterocycles. The molecule has 0 bridgehead atoms. The summed E-state index contributed by atoms with van der Waals surface area (Å²) in [6.45, 7) is 2.55. The molecule has 0 spiro atoms. The van der Waals surface area contributed by atoms with E-state index in [9.17, 15) is 4.79 Å². The minimum atomic E-state index is -0.125. The van der Waals surface area contributed by atoms with E-state index in [2.05, 4.69) is 28.4 Å². The molecular weight excluding hydrogens is 314 g/mol. The number of nitrogens with zero attached hydrogens (tertiary/aromatic N) is 2. The Morgan fingerprint density at radius 1 is 1.32 bits per heavy atom. The summed E-state index contributed by atoms with van der Waals surface area (Å²) in [7, 11) is 1.66. The number of nitriles is 1. The standard InChI is InChI=1S/C20H21N3O2/c1-25-19-7-5-18(6-8-19)23-10-9-16(14-23)13-22-20(24)17-4-2-3-15(11-17)12-21/h2-8,11,16H,9-10,13-14H2,1H3,(H,22,24). The maximum absolute atomic E-state index is 12.2. The zero-order valence-electron chi connectivity index (χ0n) is 14.2. The Morgan fingerprint density at radius 3 is 2.84 bits per heavy atom. The Kier molecular flexibility index (Phi) is 5.20. The maximum Gasteiger partial charge on any atom is 0.251 e. The summed E-state index contributed by atoms with van der Waals surface area (Å²) in [6.07, 6.45) is 1.05. The minimum Gasteiger partial charge on any atom is -0.497 e. The quantitative estimate of drug-likeness (QED) is 0.912. The van der Waals surface area contributed by atoms with Crippen molar-refractivity contribution in [2.45, 2.75) is 6.42 Å². The Morgan fingerprint density at radius 2 is 2.12 bits per heavy atom. The van der Waals surface area contributed by atoms with Crippen molar-refractivity contribution in [2.24, 2.45) is 5.92 Å². The Labute approximate surface area is 147 Å². The smallest absolute Gasteiger partial charge is 0.251 e. The van der Waals surface area contributed by atoms with Crippen molar-refractivity contribution in [1.29, 1.82) is 5.26 Å². The Hall–Kier alpha value is -3.00. The highest BCUT2D eigenvalue weighted by atomic mass is 16.5. The zero-order valence-corrected chi connectivity index (χ0v) is 14.2. The fourth-order valence-electron chi connectivity index (χ4n) is 3.10. The first-order chi connectivity index (χ1) is 12.2. The van der Waals surface area contributed by atoms with Crippen LogP contribution in [0.4, 0.5) is 5.69 Å². The number of amides is 1. The summed E-state index contributed by atoms with van der Waals surface area (Å²) < 4.78 is 5.19. The molecule has 5 nitrogen and oxygen atoms in total. The number of benzene rings is 2. The van der Waals surface area contributed by atoms with Crippen molar-refractivity contribution in [3.63, 3.8) is 0 Å². The molecule has 0 saturated carbocycles. The van der Waals surface area contributed by atoms with E-state index in [1.807, 2.05) is 12.1 Å². The van der Waals surface area contributed by atoms with E-state index >= 15 is 0 Å². The second-order valence-electron chi connectivity index (χ2n) is 6.20. The van der Waals surface area contributed by atoms with Crippen LogP contribution in [0.15, 0.2) is 48.5 Å². The van der Waals surface area contributed by atoms with E-state index in [4.69, 9.17) is 10.00 Å². The van der Waals surface area contributed by atoms with E-state index in [1.54, 1.807) is 31.4 Å². The molecule has 1 aliphatic rings. The normalized spacial score (nSPS) is 16.3. The first kappa shape index (κ1) is 16.8. The molecule has 0 radical (unpaired) electrons. The van der Waals surface area contributed by atoms with Gasteiger partial charge in [-0.15, -0.1) is 0 Å². The number of rotatable bonds is 5. The van der Waals surface area contributed by atoms with E-state index in [1.165, 1.54) is 5.69 Å². The van der Waals surface area contributed by atoms with Gasteiger partial charge >= 0.3 is 0 Å². The molecule has 1 heterocycles. The summed E-state index contributed by atoms with van der Waals surface area (Å²) in [6, 6.07) is 16.9. The summed E-state index contributed by atoms with van der Waals surface area (Å²) in [5.74, 6) is 1.15. The lowest BCUT2D eigenvalue weighted by molar-refractivity contribution is 0.0948. The van der Waals surface area contributed by atoms with E-state index in [0.29, 0.717) is 23.6 Å². The van der Waals surface area contributed by atoms with Gasteiger partial charge < -0.3 is 15.0 Å². The van der Waals surface area contributed by atoms with Crippen LogP contribution in [0.3, 0.4) is 0 Å². The highest BCUT2D eigenvalue weighted by Gasteiger charge is 2.23. The van der Waals surface area contributed by atoms with Gasteiger partial charge in [0.25, 0.3) is 5.91 Å². The molecular formula is C20H21N3O2. The minimum absolute atomic E-state index is 0.125. The van der Waals surface area contributed by atoms with Crippen LogP contribution >= 0.6 is 0 Å². The van der Waals surface area contributed by atoms with Crippen molar-refractivity contribution < 1.29 is 9.53 Å². The van der Waals surface area contributed by atoms with Crippen molar-refractivity contribution in [2.75, 3.05) is 31.6 Å². The summed E-state index contributed by atoms with van der Waals surface area (Å²) in [5, 5.41) is 11.9. The number of anilines is 1. The van der Waals surface area contributed by atoms with Crippen LogP contribution in [0, 0.1) is 17.2 Å². The predicted octanol–water partition coefficient (Wildman–Crippen LogP) is 2.82. The van der Waals surface area contributed by atoms with Crippen molar-refractivity contribution >= 4 is 11.6 Å². The topological polar surface area (TPSA) is 65.4 Å². The third-order valence-corrected chi connectivity index (χ3v) is 4.53. The van der Waals surface area contributed by atoms with Gasteiger partial charge in [0, 0.05) is 30.9 Å². The predicted molar refractivity (Wildman–Crippen MR) is 96.8 cm³/mol. The van der Waals surface area contributed by atoms with Gasteiger partial charge in [0.05, 0.1) is 18.7 Å². The number of nitrogens with one attached hydrogen (secondary N) is 1. The number of carbonyl (C=O) groups is 1. The second kappa shape index (κ2) is 7.71. The average molecular weight is 335 g/mol. The molecule has 128 valence electrons. The lowest BCUT2D eigenvalue weighted by atomic mass is 10.1. The SMILES string of the molecule is COc1ccc(N2CCC(CNC(=O)c3cccc(C#N)c3)C2)cc1. The highest BCUT2D eigenvalue weighted by molar-refractivity contribution is 5.94. The molecule has 1 N–H and O–H groups in total. The van der Waals surface area contributed by atoms with Gasteiger partial charge in [-0.25, -0.2) is 0 Å². The molecule has 5 heteroatoms. The van der Waals surface area contributed by atoms with Gasteiger partial charge in [-0.1, -0.05) is 6.07 Å². The van der Waals surface area contributed by atoms with Crippen molar-refractivity contribution in [3.05, 3.63) is 59.7 Å². The Balaban J connectivity index is 1.52. The third kappa shape index (κ3) is 4.10. The van der Waals surface area contributed by atoms with E-state index in [0.717, 1.165) is 25.3 Å². The number of ether oxygens (including phenoxy) is 1. The maximum atomic E-state index is 12.2. The van der Waals surface area contributed by atoms with Gasteiger partial charge in [0.1, 0.15) is 5.75 Å². The first-order valence-electron chi connectivity index (χ1n) is 8.37. The molecule has 2 aromatic carbocycles. The summed E-state index contributed by atoms with van der Waals surface area (Å²) in [4.78, 5) is 14.6. The molecule has 0 aromatic heterocycles. The lowest BCUT2D eigenvalue weighted by Crippen LogP contribution is -2.31. The van der Waals surface area contributed by atoms with Crippen LogP contribution in [-0.2, 0) is 0 Å². The average Bonchev–Trinajstić information content (AvgIpc) is 3.15. The van der Waals surface area contributed by atoms with E-state index < -0.39 is 0 Å². The highest BCUT2D eigenvalue weighted by Crippen LogP contribution is 2.25. The molecule has 0 aliphatic carbocycles. The van der Waals surface area contributed by atoms with Crippen LogP contribution in [0.2, 0.25) is 0 Å². The van der Waals surface area contributed by atoms with Crippen LogP contribution in [0.5, 0.6) is 5.75 Å². The molecule has 1 unspecified atom stereocenters. The van der Waals surface area contributed by atoms with Crippen LogP contribution < -0.4 is 15.0 Å². The van der Waals surface area contributed by atoms with Gasteiger partial charge in [0.15, 0.2) is 0 Å². The van der Waals surface area contributed by atoms with Gasteiger partial charge in [-0.05, 0) is 54.8 Å². The van der Waals surface area contributed by atoms with Crippen LogP contribution in [0.25, 0.3) is 0 Å². The molecule has 25 heavy (non-hydrogen) atoms.